The summed E-state index contributed by atoms with van der Waals surface area (Å²) in [6.07, 6.45) is 1.72. The minimum Gasteiger partial charge on any atom is -0.376 e. The number of hydrogen-bond acceptors (Lipinski definition) is 3. The molecule has 5 heteroatoms. The summed E-state index contributed by atoms with van der Waals surface area (Å²) in [6, 6.07) is 9.62. The molecule has 2 rings (SSSR count). The van der Waals surface area contributed by atoms with Gasteiger partial charge in [-0.25, -0.2) is 0 Å². The van der Waals surface area contributed by atoms with Crippen LogP contribution in [0.3, 0.4) is 0 Å². The van der Waals surface area contributed by atoms with Crippen molar-refractivity contribution in [2.45, 2.75) is 13.0 Å². The second kappa shape index (κ2) is 5.02. The van der Waals surface area contributed by atoms with Crippen LogP contribution in [0.15, 0.2) is 34.9 Å². The maximum Gasteiger partial charge on any atom is 0.0992 e. The second-order valence-corrected chi connectivity index (χ2v) is 4.54. The Kier molecular flexibility index (Phi) is 3.45. The molecule has 1 aromatic heterocycles. The number of rotatable bonds is 3. The SMILES string of the molecule is CC(Nc1ccc(C#N)cc1Br)c1ccn[nH]1. The largest absolute Gasteiger partial charge is 0.376 e. The number of nitriles is 1. The molecule has 0 fully saturated rings. The summed E-state index contributed by atoms with van der Waals surface area (Å²) in [5.74, 6) is 0. The highest BCUT2D eigenvalue weighted by Gasteiger charge is 2.08. The molecular formula is C12H11BrN4. The zero-order valence-electron chi connectivity index (χ0n) is 9.24. The number of aromatic nitrogens is 2. The smallest absolute Gasteiger partial charge is 0.0992 e. The Morgan fingerprint density at radius 3 is 2.88 bits per heavy atom. The van der Waals surface area contributed by atoms with Crippen molar-refractivity contribution in [1.82, 2.24) is 10.2 Å². The Morgan fingerprint density at radius 1 is 1.47 bits per heavy atom. The number of nitrogens with zero attached hydrogens (tertiary/aromatic N) is 2. The maximum atomic E-state index is 8.78. The predicted octanol–water partition coefficient (Wildman–Crippen LogP) is 3.22. The lowest BCUT2D eigenvalue weighted by atomic mass is 10.2. The molecular weight excluding hydrogens is 280 g/mol. The van der Waals surface area contributed by atoms with Crippen LogP contribution in [-0.4, -0.2) is 10.2 Å². The van der Waals surface area contributed by atoms with Crippen LogP contribution in [0.4, 0.5) is 5.69 Å². The Hall–Kier alpha value is -1.80. The minimum absolute atomic E-state index is 0.127. The van der Waals surface area contributed by atoms with E-state index < -0.39 is 0 Å². The van der Waals surface area contributed by atoms with Crippen LogP contribution in [0.1, 0.15) is 24.2 Å². The molecule has 17 heavy (non-hydrogen) atoms. The van der Waals surface area contributed by atoms with Gasteiger partial charge in [-0.15, -0.1) is 0 Å². The fourth-order valence-corrected chi connectivity index (χ4v) is 2.01. The normalized spacial score (nSPS) is 11.8. The molecule has 2 aromatic rings. The monoisotopic (exact) mass is 290 g/mol. The van der Waals surface area contributed by atoms with Gasteiger partial charge in [-0.3, -0.25) is 5.10 Å². The molecule has 0 saturated heterocycles. The predicted molar refractivity (Wildman–Crippen MR) is 69.5 cm³/mol. The van der Waals surface area contributed by atoms with E-state index in [1.54, 1.807) is 18.3 Å². The van der Waals surface area contributed by atoms with Gasteiger partial charge in [-0.1, -0.05) is 0 Å². The van der Waals surface area contributed by atoms with Crippen LogP contribution in [0.5, 0.6) is 0 Å². The summed E-state index contributed by atoms with van der Waals surface area (Å²) in [4.78, 5) is 0. The molecule has 0 radical (unpaired) electrons. The van der Waals surface area contributed by atoms with Crippen LogP contribution < -0.4 is 5.32 Å². The summed E-state index contributed by atoms with van der Waals surface area (Å²) < 4.78 is 0.878. The molecule has 0 aliphatic carbocycles. The third-order valence-corrected chi connectivity index (χ3v) is 3.12. The Labute approximate surface area is 108 Å². The summed E-state index contributed by atoms with van der Waals surface area (Å²) in [7, 11) is 0. The fraction of sp³-hybridized carbons (Fsp3) is 0.167. The Balaban J connectivity index is 2.17. The molecule has 0 bridgehead atoms. The minimum atomic E-state index is 0.127. The summed E-state index contributed by atoms with van der Waals surface area (Å²) in [5.41, 5.74) is 2.60. The van der Waals surface area contributed by atoms with Crippen LogP contribution >= 0.6 is 15.9 Å². The number of hydrogen-bond donors (Lipinski definition) is 2. The van der Waals surface area contributed by atoms with E-state index in [4.69, 9.17) is 5.26 Å². The van der Waals surface area contributed by atoms with E-state index in [2.05, 4.69) is 37.5 Å². The van der Waals surface area contributed by atoms with Gasteiger partial charge >= 0.3 is 0 Å². The molecule has 1 heterocycles. The number of nitrogens with one attached hydrogen (secondary N) is 2. The molecule has 1 unspecified atom stereocenters. The van der Waals surface area contributed by atoms with Gasteiger partial charge < -0.3 is 5.32 Å². The van der Waals surface area contributed by atoms with E-state index in [1.807, 2.05) is 19.1 Å². The quantitative estimate of drug-likeness (QED) is 0.912. The molecule has 86 valence electrons. The van der Waals surface area contributed by atoms with Gasteiger partial charge in [-0.2, -0.15) is 10.4 Å². The molecule has 0 amide bonds. The number of H-pyrrole nitrogens is 1. The molecule has 1 aromatic carbocycles. The van der Waals surface area contributed by atoms with Gasteiger partial charge in [0.2, 0.25) is 0 Å². The Bertz CT molecular complexity index is 542. The van der Waals surface area contributed by atoms with Gasteiger partial charge in [0.15, 0.2) is 0 Å². The van der Waals surface area contributed by atoms with E-state index in [9.17, 15) is 0 Å². The van der Waals surface area contributed by atoms with Crippen LogP contribution in [0, 0.1) is 11.3 Å². The van der Waals surface area contributed by atoms with E-state index in [-0.39, 0.29) is 6.04 Å². The van der Waals surface area contributed by atoms with Crippen molar-refractivity contribution in [3.05, 3.63) is 46.2 Å². The van der Waals surface area contributed by atoms with Crippen molar-refractivity contribution >= 4 is 21.6 Å². The van der Waals surface area contributed by atoms with Gasteiger partial charge in [0.05, 0.1) is 23.4 Å². The van der Waals surface area contributed by atoms with E-state index in [0.717, 1.165) is 15.9 Å². The maximum absolute atomic E-state index is 8.78. The van der Waals surface area contributed by atoms with Crippen molar-refractivity contribution in [1.29, 1.82) is 5.26 Å². The Morgan fingerprint density at radius 2 is 2.29 bits per heavy atom. The van der Waals surface area contributed by atoms with Gasteiger partial charge in [-0.05, 0) is 47.1 Å². The summed E-state index contributed by atoms with van der Waals surface area (Å²) in [6.45, 7) is 2.04. The van der Waals surface area contributed by atoms with E-state index in [1.165, 1.54) is 0 Å². The molecule has 1 atom stereocenters. The van der Waals surface area contributed by atoms with Crippen molar-refractivity contribution in [3.63, 3.8) is 0 Å². The molecule has 2 N–H and O–H groups in total. The first-order valence-electron chi connectivity index (χ1n) is 5.16. The van der Waals surface area contributed by atoms with Crippen molar-refractivity contribution in [2.75, 3.05) is 5.32 Å². The number of anilines is 1. The van der Waals surface area contributed by atoms with Crippen LogP contribution in [0.25, 0.3) is 0 Å². The lowest BCUT2D eigenvalue weighted by molar-refractivity contribution is 0.825. The van der Waals surface area contributed by atoms with E-state index in [0.29, 0.717) is 5.56 Å². The zero-order valence-corrected chi connectivity index (χ0v) is 10.8. The fourth-order valence-electron chi connectivity index (χ4n) is 1.52. The van der Waals surface area contributed by atoms with Crippen molar-refractivity contribution < 1.29 is 0 Å². The standard InChI is InChI=1S/C12H11BrN4/c1-8(11-4-5-15-17-11)16-12-3-2-9(7-14)6-10(12)13/h2-6,8,16H,1H3,(H,15,17). The van der Waals surface area contributed by atoms with Crippen molar-refractivity contribution in [2.24, 2.45) is 0 Å². The zero-order chi connectivity index (χ0) is 12.3. The first-order chi connectivity index (χ1) is 8.20. The first kappa shape index (κ1) is 11.7. The lowest BCUT2D eigenvalue weighted by Crippen LogP contribution is -2.07. The van der Waals surface area contributed by atoms with Gasteiger partial charge in [0.1, 0.15) is 0 Å². The topological polar surface area (TPSA) is 64.5 Å². The highest BCUT2D eigenvalue weighted by Crippen LogP contribution is 2.26. The molecule has 0 aliphatic heterocycles. The van der Waals surface area contributed by atoms with E-state index >= 15 is 0 Å². The number of benzene rings is 1. The highest BCUT2D eigenvalue weighted by atomic mass is 79.9. The summed E-state index contributed by atoms with van der Waals surface area (Å²) in [5, 5.41) is 19.0. The average molecular weight is 291 g/mol. The average Bonchev–Trinajstić information content (AvgIpc) is 2.85. The molecule has 4 nitrogen and oxygen atoms in total. The lowest BCUT2D eigenvalue weighted by Gasteiger charge is -2.14. The van der Waals surface area contributed by atoms with Gasteiger partial charge in [0.25, 0.3) is 0 Å². The highest BCUT2D eigenvalue weighted by molar-refractivity contribution is 9.10. The molecule has 0 aliphatic rings. The van der Waals surface area contributed by atoms with Crippen LogP contribution in [-0.2, 0) is 0 Å². The van der Waals surface area contributed by atoms with Crippen molar-refractivity contribution in [3.8, 4) is 6.07 Å². The van der Waals surface area contributed by atoms with Crippen LogP contribution in [0.2, 0.25) is 0 Å². The molecule has 0 saturated carbocycles. The third kappa shape index (κ3) is 2.66. The first-order valence-corrected chi connectivity index (χ1v) is 5.95. The second-order valence-electron chi connectivity index (χ2n) is 3.68. The number of aromatic amines is 1. The molecule has 0 spiro atoms. The summed E-state index contributed by atoms with van der Waals surface area (Å²) >= 11 is 3.44. The third-order valence-electron chi connectivity index (χ3n) is 2.46. The van der Waals surface area contributed by atoms with Gasteiger partial charge in [0, 0.05) is 16.4 Å². The number of halogens is 1.